The summed E-state index contributed by atoms with van der Waals surface area (Å²) in [6.07, 6.45) is 2.32. The highest BCUT2D eigenvalue weighted by Crippen LogP contribution is 2.06. The Balaban J connectivity index is 2.57. The molecule has 0 fully saturated rings. The highest BCUT2D eigenvalue weighted by molar-refractivity contribution is 5.97. The smallest absolute Gasteiger partial charge is 0.263 e. The van der Waals surface area contributed by atoms with Gasteiger partial charge in [0.25, 0.3) is 5.91 Å². The van der Waals surface area contributed by atoms with Gasteiger partial charge < -0.3 is 10.6 Å². The Labute approximate surface area is 114 Å². The minimum absolute atomic E-state index is 0.0991. The van der Waals surface area contributed by atoms with E-state index in [0.29, 0.717) is 13.1 Å². The molecule has 0 aliphatic heterocycles. The molecule has 1 rings (SSSR count). The number of nitriles is 1. The third-order valence-electron chi connectivity index (χ3n) is 2.70. The number of carbonyl (C=O) groups excluding carboxylic acids is 1. The maximum absolute atomic E-state index is 11.6. The zero-order valence-corrected chi connectivity index (χ0v) is 11.4. The number of hydrogen-bond donors (Lipinski definition) is 2. The van der Waals surface area contributed by atoms with Crippen LogP contribution in [0.15, 0.2) is 36.0 Å². The van der Waals surface area contributed by atoms with E-state index >= 15 is 0 Å². The summed E-state index contributed by atoms with van der Waals surface area (Å²) in [5.41, 5.74) is 2.42. The van der Waals surface area contributed by atoms with Crippen LogP contribution in [-0.4, -0.2) is 12.5 Å². The van der Waals surface area contributed by atoms with E-state index in [2.05, 4.69) is 10.6 Å². The largest absolute Gasteiger partial charge is 0.386 e. The molecule has 0 spiro atoms. The average Bonchev–Trinajstić information content (AvgIpc) is 2.43. The number of amides is 1. The maximum atomic E-state index is 11.6. The third-order valence-corrected chi connectivity index (χ3v) is 2.70. The number of rotatable bonds is 6. The molecule has 0 radical (unpaired) electrons. The van der Waals surface area contributed by atoms with Crippen molar-refractivity contribution in [3.8, 4) is 6.07 Å². The Kier molecular flexibility index (Phi) is 6.17. The van der Waals surface area contributed by atoms with Crippen LogP contribution in [0.1, 0.15) is 24.5 Å². The van der Waals surface area contributed by atoms with Crippen molar-refractivity contribution in [2.75, 3.05) is 6.54 Å². The molecule has 0 unspecified atom stereocenters. The number of carbonyl (C=O) groups is 1. The van der Waals surface area contributed by atoms with Crippen molar-refractivity contribution >= 4 is 5.91 Å². The normalized spacial score (nSPS) is 10.7. The number of nitrogens with one attached hydrogen (secondary N) is 2. The van der Waals surface area contributed by atoms with E-state index in [9.17, 15) is 4.79 Å². The van der Waals surface area contributed by atoms with Crippen molar-refractivity contribution in [1.82, 2.24) is 10.6 Å². The third kappa shape index (κ3) is 4.84. The molecule has 0 saturated carbocycles. The topological polar surface area (TPSA) is 64.9 Å². The molecule has 0 atom stereocenters. The van der Waals surface area contributed by atoms with Crippen LogP contribution in [-0.2, 0) is 11.3 Å². The minimum atomic E-state index is -0.332. The van der Waals surface area contributed by atoms with Crippen LogP contribution in [0.5, 0.6) is 0 Å². The van der Waals surface area contributed by atoms with Crippen LogP contribution in [0, 0.1) is 18.3 Å². The molecule has 1 aromatic carbocycles. The van der Waals surface area contributed by atoms with E-state index < -0.39 is 0 Å². The van der Waals surface area contributed by atoms with E-state index in [1.54, 1.807) is 0 Å². The zero-order chi connectivity index (χ0) is 14.1. The summed E-state index contributed by atoms with van der Waals surface area (Å²) < 4.78 is 0. The van der Waals surface area contributed by atoms with Gasteiger partial charge >= 0.3 is 0 Å². The first-order chi connectivity index (χ1) is 9.19. The SMILES string of the molecule is CCCNC(=O)/C(C#N)=C\NCc1ccccc1C. The van der Waals surface area contributed by atoms with Crippen molar-refractivity contribution in [2.24, 2.45) is 0 Å². The Hall–Kier alpha value is -2.28. The number of nitrogens with zero attached hydrogens (tertiary/aromatic N) is 1. The van der Waals surface area contributed by atoms with Gasteiger partial charge in [0.05, 0.1) is 0 Å². The second kappa shape index (κ2) is 7.93. The maximum Gasteiger partial charge on any atom is 0.263 e. The van der Waals surface area contributed by atoms with Gasteiger partial charge in [-0.3, -0.25) is 4.79 Å². The molecular weight excluding hydrogens is 238 g/mol. The summed E-state index contributed by atoms with van der Waals surface area (Å²) in [6.45, 7) is 5.17. The first-order valence-electron chi connectivity index (χ1n) is 6.35. The Morgan fingerprint density at radius 2 is 2.16 bits per heavy atom. The van der Waals surface area contributed by atoms with E-state index in [1.165, 1.54) is 11.8 Å². The fraction of sp³-hybridized carbons (Fsp3) is 0.333. The second-order valence-corrected chi connectivity index (χ2v) is 4.23. The van der Waals surface area contributed by atoms with Gasteiger partial charge in [-0.15, -0.1) is 0 Å². The molecule has 0 aliphatic rings. The first-order valence-corrected chi connectivity index (χ1v) is 6.35. The van der Waals surface area contributed by atoms with E-state index in [0.717, 1.165) is 12.0 Å². The standard InChI is InChI=1S/C15H19N3O/c1-3-8-18-15(19)14(9-16)11-17-10-13-7-5-4-6-12(13)2/h4-7,11,17H,3,8,10H2,1-2H3,(H,18,19)/b14-11-. The van der Waals surface area contributed by atoms with Crippen LogP contribution >= 0.6 is 0 Å². The number of benzene rings is 1. The van der Waals surface area contributed by atoms with Crippen LogP contribution < -0.4 is 10.6 Å². The van der Waals surface area contributed by atoms with Gasteiger partial charge in [0.1, 0.15) is 11.6 Å². The van der Waals surface area contributed by atoms with Gasteiger partial charge in [0.15, 0.2) is 0 Å². The van der Waals surface area contributed by atoms with Crippen molar-refractivity contribution in [2.45, 2.75) is 26.8 Å². The van der Waals surface area contributed by atoms with Crippen LogP contribution in [0.25, 0.3) is 0 Å². The molecule has 19 heavy (non-hydrogen) atoms. The average molecular weight is 257 g/mol. The Bertz CT molecular complexity index is 500. The number of aryl methyl sites for hydroxylation is 1. The summed E-state index contributed by atoms with van der Waals surface area (Å²) in [6, 6.07) is 9.88. The van der Waals surface area contributed by atoms with Crippen LogP contribution in [0.3, 0.4) is 0 Å². The van der Waals surface area contributed by atoms with Gasteiger partial charge in [-0.25, -0.2) is 0 Å². The summed E-state index contributed by atoms with van der Waals surface area (Å²) in [5.74, 6) is -0.332. The molecule has 1 amide bonds. The lowest BCUT2D eigenvalue weighted by Crippen LogP contribution is -2.26. The second-order valence-electron chi connectivity index (χ2n) is 4.23. The van der Waals surface area contributed by atoms with Gasteiger partial charge in [-0.2, -0.15) is 5.26 Å². The molecular formula is C15H19N3O. The predicted octanol–water partition coefficient (Wildman–Crippen LogP) is 2.02. The molecule has 0 aliphatic carbocycles. The molecule has 0 heterocycles. The Morgan fingerprint density at radius 1 is 1.42 bits per heavy atom. The summed E-state index contributed by atoms with van der Waals surface area (Å²) >= 11 is 0. The molecule has 2 N–H and O–H groups in total. The molecule has 100 valence electrons. The number of hydrogen-bond acceptors (Lipinski definition) is 3. The molecule has 0 bridgehead atoms. The lowest BCUT2D eigenvalue weighted by atomic mass is 10.1. The van der Waals surface area contributed by atoms with Crippen LogP contribution in [0.4, 0.5) is 0 Å². The highest BCUT2D eigenvalue weighted by atomic mass is 16.1. The van der Waals surface area contributed by atoms with Gasteiger partial charge in [-0.05, 0) is 24.5 Å². The Morgan fingerprint density at radius 3 is 2.79 bits per heavy atom. The van der Waals surface area contributed by atoms with Crippen molar-refractivity contribution in [3.63, 3.8) is 0 Å². The highest BCUT2D eigenvalue weighted by Gasteiger charge is 2.06. The van der Waals surface area contributed by atoms with Gasteiger partial charge in [-0.1, -0.05) is 31.2 Å². The fourth-order valence-electron chi connectivity index (χ4n) is 1.55. The van der Waals surface area contributed by atoms with Gasteiger partial charge in [0, 0.05) is 19.3 Å². The van der Waals surface area contributed by atoms with E-state index in [1.807, 2.05) is 44.2 Å². The van der Waals surface area contributed by atoms with Crippen LogP contribution in [0.2, 0.25) is 0 Å². The summed E-state index contributed by atoms with van der Waals surface area (Å²) in [4.78, 5) is 11.6. The molecule has 0 aromatic heterocycles. The quantitative estimate of drug-likeness (QED) is 0.605. The van der Waals surface area contributed by atoms with Crippen molar-refractivity contribution in [1.29, 1.82) is 5.26 Å². The molecule has 4 nitrogen and oxygen atoms in total. The molecule has 0 saturated heterocycles. The molecule has 4 heteroatoms. The van der Waals surface area contributed by atoms with Gasteiger partial charge in [0.2, 0.25) is 0 Å². The van der Waals surface area contributed by atoms with Crippen molar-refractivity contribution in [3.05, 3.63) is 47.2 Å². The zero-order valence-electron chi connectivity index (χ0n) is 11.4. The monoisotopic (exact) mass is 257 g/mol. The summed E-state index contributed by atoms with van der Waals surface area (Å²) in [5, 5.41) is 14.6. The molecule has 1 aromatic rings. The summed E-state index contributed by atoms with van der Waals surface area (Å²) in [7, 11) is 0. The van der Waals surface area contributed by atoms with E-state index in [-0.39, 0.29) is 11.5 Å². The van der Waals surface area contributed by atoms with Crippen molar-refractivity contribution < 1.29 is 4.79 Å². The fourth-order valence-corrected chi connectivity index (χ4v) is 1.55. The first kappa shape index (κ1) is 14.8. The predicted molar refractivity (Wildman–Crippen MR) is 75.0 cm³/mol. The lowest BCUT2D eigenvalue weighted by Gasteiger charge is -2.06. The lowest BCUT2D eigenvalue weighted by molar-refractivity contribution is -0.117. The van der Waals surface area contributed by atoms with E-state index in [4.69, 9.17) is 5.26 Å². The minimum Gasteiger partial charge on any atom is -0.386 e.